The van der Waals surface area contributed by atoms with Gasteiger partial charge in [-0.2, -0.15) is 0 Å². The molecule has 0 aliphatic rings. The minimum Gasteiger partial charge on any atom is -0.348 e. The van der Waals surface area contributed by atoms with Gasteiger partial charge in [0.25, 0.3) is 0 Å². The lowest BCUT2D eigenvalue weighted by Crippen LogP contribution is -2.49. The third-order valence-electron chi connectivity index (χ3n) is 5.01. The second-order valence-electron chi connectivity index (χ2n) is 7.39. The molecule has 1 N–H and O–H groups in total. The average molecular weight is 403 g/mol. The van der Waals surface area contributed by atoms with Crippen LogP contribution in [0, 0.1) is 20.8 Å². The van der Waals surface area contributed by atoms with E-state index in [1.165, 1.54) is 4.31 Å². The van der Waals surface area contributed by atoms with Gasteiger partial charge in [0.05, 0.1) is 18.0 Å². The zero-order chi connectivity index (χ0) is 21.1. The Hall–Kier alpha value is -2.34. The molecule has 2 aromatic carbocycles. The molecule has 0 heterocycles. The molecule has 2 aromatic rings. The smallest absolute Gasteiger partial charge is 0.244 e. The van der Waals surface area contributed by atoms with Crippen LogP contribution in [0.1, 0.15) is 48.6 Å². The average Bonchev–Trinajstić information content (AvgIpc) is 2.61. The first kappa shape index (κ1) is 22.0. The molecule has 6 heteroatoms. The van der Waals surface area contributed by atoms with Crippen LogP contribution in [0.2, 0.25) is 0 Å². The van der Waals surface area contributed by atoms with Gasteiger partial charge >= 0.3 is 0 Å². The van der Waals surface area contributed by atoms with Gasteiger partial charge in [0.2, 0.25) is 15.9 Å². The summed E-state index contributed by atoms with van der Waals surface area (Å²) in [6.45, 7) is 9.63. The minimum atomic E-state index is -3.64. The fraction of sp³-hybridized carbons (Fsp3) is 0.409. The van der Waals surface area contributed by atoms with Crippen molar-refractivity contribution in [2.75, 3.05) is 10.6 Å². The third kappa shape index (κ3) is 5.13. The van der Waals surface area contributed by atoms with Crippen LogP contribution in [0.15, 0.2) is 42.5 Å². The summed E-state index contributed by atoms with van der Waals surface area (Å²) >= 11 is 0. The third-order valence-corrected chi connectivity index (χ3v) is 6.19. The Bertz CT molecular complexity index is 937. The number of anilines is 1. The molecule has 0 unspecified atom stereocenters. The van der Waals surface area contributed by atoms with Crippen molar-refractivity contribution in [2.45, 2.75) is 53.1 Å². The molecule has 0 aromatic heterocycles. The first-order valence-electron chi connectivity index (χ1n) is 9.48. The van der Waals surface area contributed by atoms with E-state index in [0.29, 0.717) is 12.1 Å². The van der Waals surface area contributed by atoms with Crippen molar-refractivity contribution in [2.24, 2.45) is 0 Å². The molecule has 0 aliphatic heterocycles. The minimum absolute atomic E-state index is 0.219. The highest BCUT2D eigenvalue weighted by Gasteiger charge is 2.32. The normalized spacial score (nSPS) is 13.6. The van der Waals surface area contributed by atoms with E-state index < -0.39 is 16.1 Å². The van der Waals surface area contributed by atoms with Crippen LogP contribution in [0.4, 0.5) is 5.69 Å². The molecular formula is C22H30N2O3S. The topological polar surface area (TPSA) is 66.5 Å². The van der Waals surface area contributed by atoms with Crippen molar-refractivity contribution in [3.05, 3.63) is 64.7 Å². The maximum Gasteiger partial charge on any atom is 0.244 e. The Labute approximate surface area is 168 Å². The molecule has 28 heavy (non-hydrogen) atoms. The van der Waals surface area contributed by atoms with Gasteiger partial charge < -0.3 is 5.32 Å². The predicted octanol–water partition coefficient (Wildman–Crippen LogP) is 4.03. The lowest BCUT2D eigenvalue weighted by atomic mass is 10.1. The van der Waals surface area contributed by atoms with Crippen molar-refractivity contribution in [3.8, 4) is 0 Å². The maximum absolute atomic E-state index is 13.0. The van der Waals surface area contributed by atoms with Crippen molar-refractivity contribution in [3.63, 3.8) is 0 Å². The van der Waals surface area contributed by atoms with Crippen LogP contribution < -0.4 is 9.62 Å². The Balaban J connectivity index is 2.33. The van der Waals surface area contributed by atoms with Gasteiger partial charge in [0.15, 0.2) is 0 Å². The van der Waals surface area contributed by atoms with E-state index in [1.807, 2.05) is 71.0 Å². The van der Waals surface area contributed by atoms with Gasteiger partial charge in [0, 0.05) is 0 Å². The van der Waals surface area contributed by atoms with E-state index in [4.69, 9.17) is 0 Å². The van der Waals surface area contributed by atoms with E-state index in [2.05, 4.69) is 5.32 Å². The molecule has 0 radical (unpaired) electrons. The number of nitrogens with zero attached hydrogens (tertiary/aromatic N) is 1. The lowest BCUT2D eigenvalue weighted by Gasteiger charge is -2.31. The summed E-state index contributed by atoms with van der Waals surface area (Å²) in [5, 5.41) is 2.97. The number of sulfonamides is 1. The highest BCUT2D eigenvalue weighted by molar-refractivity contribution is 7.92. The second-order valence-corrected chi connectivity index (χ2v) is 9.25. The van der Waals surface area contributed by atoms with E-state index in [-0.39, 0.29) is 11.9 Å². The Morgan fingerprint density at radius 2 is 1.64 bits per heavy atom. The van der Waals surface area contributed by atoms with Gasteiger partial charge in [-0.05, 0) is 62.9 Å². The van der Waals surface area contributed by atoms with E-state index in [0.717, 1.165) is 28.5 Å². The fourth-order valence-electron chi connectivity index (χ4n) is 3.17. The second kappa shape index (κ2) is 8.78. The number of hydrogen-bond donors (Lipinski definition) is 1. The van der Waals surface area contributed by atoms with Gasteiger partial charge in [-0.1, -0.05) is 42.8 Å². The number of nitrogens with one attached hydrogen (secondary N) is 1. The molecule has 0 spiro atoms. The van der Waals surface area contributed by atoms with Crippen molar-refractivity contribution < 1.29 is 13.2 Å². The zero-order valence-corrected chi connectivity index (χ0v) is 18.3. The molecule has 0 aliphatic carbocycles. The van der Waals surface area contributed by atoms with Crippen molar-refractivity contribution >= 4 is 21.6 Å². The first-order chi connectivity index (χ1) is 13.0. The molecule has 0 bridgehead atoms. The fourth-order valence-corrected chi connectivity index (χ4v) is 4.37. The van der Waals surface area contributed by atoms with E-state index in [9.17, 15) is 13.2 Å². The van der Waals surface area contributed by atoms with Crippen molar-refractivity contribution in [1.82, 2.24) is 5.32 Å². The van der Waals surface area contributed by atoms with E-state index >= 15 is 0 Å². The van der Waals surface area contributed by atoms with E-state index in [1.54, 1.807) is 6.07 Å². The molecule has 1 amide bonds. The Kier molecular flexibility index (Phi) is 6.88. The number of carbonyl (C=O) groups is 1. The summed E-state index contributed by atoms with van der Waals surface area (Å²) in [6, 6.07) is 12.3. The number of benzene rings is 2. The molecule has 5 nitrogen and oxygen atoms in total. The summed E-state index contributed by atoms with van der Waals surface area (Å²) < 4.78 is 26.4. The van der Waals surface area contributed by atoms with Crippen LogP contribution in [0.3, 0.4) is 0 Å². The molecule has 0 fully saturated rings. The quantitative estimate of drug-likeness (QED) is 0.760. The van der Waals surface area contributed by atoms with Crippen LogP contribution in [-0.4, -0.2) is 26.6 Å². The highest BCUT2D eigenvalue weighted by Crippen LogP contribution is 2.25. The highest BCUT2D eigenvalue weighted by atomic mass is 32.2. The molecule has 152 valence electrons. The SMILES string of the molecule is CC[C@@H](C(=O)N[C@H](C)c1ccc(C)cc1)N(c1ccc(C)c(C)c1)S(C)(=O)=O. The number of rotatable bonds is 7. The molecule has 2 rings (SSSR count). The zero-order valence-electron chi connectivity index (χ0n) is 17.5. The summed E-state index contributed by atoms with van der Waals surface area (Å²) in [5.74, 6) is -0.306. The Morgan fingerprint density at radius 1 is 1.04 bits per heavy atom. The molecular weight excluding hydrogens is 372 g/mol. The number of amides is 1. The van der Waals surface area contributed by atoms with Crippen LogP contribution in [-0.2, 0) is 14.8 Å². The first-order valence-corrected chi connectivity index (χ1v) is 11.3. The maximum atomic E-state index is 13.0. The lowest BCUT2D eigenvalue weighted by molar-refractivity contribution is -0.122. The summed E-state index contributed by atoms with van der Waals surface area (Å²) in [4.78, 5) is 13.0. The summed E-state index contributed by atoms with van der Waals surface area (Å²) in [5.41, 5.74) is 4.69. The molecule has 0 saturated carbocycles. The van der Waals surface area contributed by atoms with Crippen LogP contribution in [0.5, 0.6) is 0 Å². The molecule has 2 atom stereocenters. The number of aryl methyl sites for hydroxylation is 3. The van der Waals surface area contributed by atoms with Crippen LogP contribution in [0.25, 0.3) is 0 Å². The molecule has 0 saturated heterocycles. The van der Waals surface area contributed by atoms with Crippen molar-refractivity contribution in [1.29, 1.82) is 0 Å². The summed E-state index contributed by atoms with van der Waals surface area (Å²) in [7, 11) is -3.64. The number of carbonyl (C=O) groups excluding carboxylic acids is 1. The standard InChI is InChI=1S/C22H30N2O3S/c1-7-21(22(25)23-18(5)19-11-8-15(2)9-12-19)24(28(6,26)27)20-13-10-16(3)17(4)14-20/h8-14,18,21H,7H2,1-6H3,(H,23,25)/t18-,21+/m1/s1. The van der Waals surface area contributed by atoms with Gasteiger partial charge in [0.1, 0.15) is 6.04 Å². The van der Waals surface area contributed by atoms with Crippen LogP contribution >= 0.6 is 0 Å². The Morgan fingerprint density at radius 3 is 2.14 bits per heavy atom. The monoisotopic (exact) mass is 402 g/mol. The van der Waals surface area contributed by atoms with Gasteiger partial charge in [-0.15, -0.1) is 0 Å². The van der Waals surface area contributed by atoms with Gasteiger partial charge in [-0.3, -0.25) is 9.10 Å². The largest absolute Gasteiger partial charge is 0.348 e. The van der Waals surface area contributed by atoms with Gasteiger partial charge in [-0.25, -0.2) is 8.42 Å². The number of hydrogen-bond acceptors (Lipinski definition) is 3. The summed E-state index contributed by atoms with van der Waals surface area (Å²) in [6.07, 6.45) is 1.51. The predicted molar refractivity (Wildman–Crippen MR) is 115 cm³/mol.